The van der Waals surface area contributed by atoms with E-state index in [4.69, 9.17) is 4.42 Å². The van der Waals surface area contributed by atoms with Gasteiger partial charge in [0.25, 0.3) is 0 Å². The first-order valence-corrected chi connectivity index (χ1v) is 38.7. The van der Waals surface area contributed by atoms with Crippen molar-refractivity contribution in [2.45, 2.75) is 6.92 Å². The Morgan fingerprint density at radius 1 is 0.218 bits per heavy atom. The highest BCUT2D eigenvalue weighted by Gasteiger charge is 2.19. The largest absolute Gasteiger partial charge is 0.455 e. The quantitative estimate of drug-likeness (QED) is 0.129. The summed E-state index contributed by atoms with van der Waals surface area (Å²) in [6.07, 6.45) is 0. The minimum absolute atomic E-state index is 0.937. The molecule has 0 bridgehead atoms. The minimum Gasteiger partial charge on any atom is -0.455 e. The van der Waals surface area contributed by atoms with Gasteiger partial charge in [0.1, 0.15) is 11.2 Å². The van der Waals surface area contributed by atoms with Crippen molar-refractivity contribution in [1.82, 2.24) is 13.7 Å². The van der Waals surface area contributed by atoms with Gasteiger partial charge in [0, 0.05) is 91.7 Å². The van der Waals surface area contributed by atoms with Crippen LogP contribution in [-0.4, -0.2) is 13.7 Å². The fraction of sp³-hybridized carbons (Fsp3) is 0.00971. The highest BCUT2D eigenvalue weighted by Crippen LogP contribution is 2.42. The first-order valence-electron chi connectivity index (χ1n) is 37.1. The molecule has 17 aromatic carbocycles. The summed E-state index contributed by atoms with van der Waals surface area (Å²) in [5, 5.41) is 10.0. The van der Waals surface area contributed by atoms with Crippen molar-refractivity contribution >= 4 is 136 Å². The van der Waals surface area contributed by atoms with Gasteiger partial charge in [-0.15, -0.1) is 0 Å². The van der Waals surface area contributed by atoms with Gasteiger partial charge in [-0.2, -0.15) is 0 Å². The lowest BCUT2D eigenvalue weighted by Crippen LogP contribution is -2.09. The number of nitrogens with zero attached hydrogens (tertiary/aromatic N) is 4. The van der Waals surface area contributed by atoms with Crippen molar-refractivity contribution in [1.29, 1.82) is 0 Å². The molecule has 0 amide bonds. The van der Waals surface area contributed by atoms with Gasteiger partial charge >= 0.3 is 0 Å². The Bertz CT molecular complexity index is 6560. The zero-order chi connectivity index (χ0) is 73.6. The molecule has 110 heavy (non-hydrogen) atoms. The second-order valence-corrected chi connectivity index (χ2v) is 29.7. The average molecular weight is 1540 g/mol. The number of fused-ring (bicyclic) bond motifs is 12. The zero-order valence-corrected chi connectivity index (χ0v) is 63.3. The molecular weight excluding hydrogens is 1470 g/mol. The third-order valence-electron chi connectivity index (χ3n) is 21.3. The number of rotatable bonds is 11. The molecular formula is C103H70Br2N4O. The van der Waals surface area contributed by atoms with E-state index >= 15 is 0 Å². The Kier molecular flexibility index (Phi) is 17.8. The van der Waals surface area contributed by atoms with Crippen LogP contribution in [0.4, 0.5) is 17.1 Å². The molecule has 0 aliphatic carbocycles. The van der Waals surface area contributed by atoms with Crippen LogP contribution in [0.1, 0.15) is 5.56 Å². The molecule has 522 valence electrons. The molecule has 0 spiro atoms. The van der Waals surface area contributed by atoms with E-state index in [0.29, 0.717) is 0 Å². The van der Waals surface area contributed by atoms with Gasteiger partial charge in [-0.25, -0.2) is 0 Å². The molecule has 7 heteroatoms. The summed E-state index contributed by atoms with van der Waals surface area (Å²) in [6, 6.07) is 145. The van der Waals surface area contributed by atoms with Crippen LogP contribution in [0.25, 0.3) is 160 Å². The molecule has 5 nitrogen and oxygen atoms in total. The van der Waals surface area contributed by atoms with Gasteiger partial charge in [0.05, 0.1) is 33.1 Å². The molecule has 0 saturated carbocycles. The van der Waals surface area contributed by atoms with E-state index in [1.54, 1.807) is 0 Å². The molecule has 0 fully saturated rings. The summed E-state index contributed by atoms with van der Waals surface area (Å²) in [4.78, 5) is 2.35. The summed E-state index contributed by atoms with van der Waals surface area (Å²) >= 11 is 6.97. The number of aromatic nitrogens is 3. The fourth-order valence-electron chi connectivity index (χ4n) is 15.9. The number of anilines is 3. The lowest BCUT2D eigenvalue weighted by molar-refractivity contribution is 0.670. The summed E-state index contributed by atoms with van der Waals surface area (Å²) in [7, 11) is 0. The number of hydrogen-bond donors (Lipinski definition) is 0. The standard InChI is InChI=1S/C61H43N3.C24H16BrN.C18H11BrO/c1-42-18-20-43(21-19-42)44-22-32-49(33-23-44)62(50-34-24-45(25-35-50)47-28-38-52(39-29-47)63-58-14-6-2-10-54(58)55-11-3-7-15-59(55)63)51-36-26-46(27-37-51)48-30-40-53(41-31-48)64-60-16-8-4-12-56(60)57-13-5-9-17-61(57)64;25-19-13-9-17(10-14-19)18-11-15-20(16-12-18)26-23-7-3-1-5-21(23)22-6-2-4-8-24(22)26;19-13-10-8-12(9-11-13)14-5-3-6-16-15-4-1-2-7-17(15)20-18(14)16/h2-41H,1H3;1-16H;1-11H. The maximum atomic E-state index is 6.06. The number of hydrogen-bond acceptors (Lipinski definition) is 2. The molecule has 4 heterocycles. The van der Waals surface area contributed by atoms with Gasteiger partial charge in [-0.05, 0) is 197 Å². The lowest BCUT2D eigenvalue weighted by atomic mass is 10.0. The Morgan fingerprint density at radius 2 is 0.464 bits per heavy atom. The third-order valence-corrected chi connectivity index (χ3v) is 22.3. The van der Waals surface area contributed by atoms with E-state index in [1.807, 2.05) is 18.2 Å². The highest BCUT2D eigenvalue weighted by molar-refractivity contribution is 9.10. The number of furan rings is 1. The van der Waals surface area contributed by atoms with Crippen molar-refractivity contribution in [3.8, 4) is 72.7 Å². The van der Waals surface area contributed by atoms with Crippen LogP contribution in [0, 0.1) is 6.92 Å². The van der Waals surface area contributed by atoms with Crippen molar-refractivity contribution in [2.75, 3.05) is 4.90 Å². The maximum Gasteiger partial charge on any atom is 0.143 e. The van der Waals surface area contributed by atoms with E-state index in [-0.39, 0.29) is 0 Å². The molecule has 0 aliphatic heterocycles. The van der Waals surface area contributed by atoms with E-state index in [2.05, 4.69) is 446 Å². The fourth-order valence-corrected chi connectivity index (χ4v) is 16.4. The number of para-hydroxylation sites is 8. The van der Waals surface area contributed by atoms with Gasteiger partial charge in [0.2, 0.25) is 0 Å². The maximum absolute atomic E-state index is 6.06. The first-order chi connectivity index (χ1) is 54.3. The highest BCUT2D eigenvalue weighted by atomic mass is 79.9. The van der Waals surface area contributed by atoms with E-state index in [1.165, 1.54) is 132 Å². The number of aryl methyl sites for hydroxylation is 1. The van der Waals surface area contributed by atoms with Crippen LogP contribution in [0.5, 0.6) is 0 Å². The van der Waals surface area contributed by atoms with E-state index in [0.717, 1.165) is 59.7 Å². The Balaban J connectivity index is 0.000000144. The normalized spacial score (nSPS) is 11.4. The van der Waals surface area contributed by atoms with Crippen LogP contribution >= 0.6 is 31.9 Å². The molecule has 21 rings (SSSR count). The van der Waals surface area contributed by atoms with Crippen LogP contribution < -0.4 is 4.90 Å². The molecule has 4 aromatic heterocycles. The second kappa shape index (κ2) is 29.1. The molecule has 0 aliphatic rings. The van der Waals surface area contributed by atoms with Gasteiger partial charge in [0.15, 0.2) is 0 Å². The number of halogens is 2. The molecule has 0 N–H and O–H groups in total. The summed E-state index contributed by atoms with van der Waals surface area (Å²) in [5.74, 6) is 0. The third kappa shape index (κ3) is 12.7. The topological polar surface area (TPSA) is 31.2 Å². The molecule has 0 unspecified atom stereocenters. The Hall–Kier alpha value is -13.3. The van der Waals surface area contributed by atoms with Gasteiger partial charge < -0.3 is 23.0 Å². The second-order valence-electron chi connectivity index (χ2n) is 27.9. The van der Waals surface area contributed by atoms with Gasteiger partial charge in [-0.1, -0.05) is 304 Å². The molecule has 21 aromatic rings. The van der Waals surface area contributed by atoms with Crippen LogP contribution in [0.3, 0.4) is 0 Å². The summed E-state index contributed by atoms with van der Waals surface area (Å²) in [5.41, 5.74) is 29.1. The van der Waals surface area contributed by atoms with Crippen molar-refractivity contribution in [3.05, 3.63) is 421 Å². The average Bonchev–Trinajstić information content (AvgIpc) is 1.61. The smallest absolute Gasteiger partial charge is 0.143 e. The summed E-state index contributed by atoms with van der Waals surface area (Å²) < 4.78 is 15.3. The van der Waals surface area contributed by atoms with Crippen LogP contribution in [-0.2, 0) is 0 Å². The molecule has 0 atom stereocenters. The predicted molar refractivity (Wildman–Crippen MR) is 472 cm³/mol. The van der Waals surface area contributed by atoms with E-state index in [9.17, 15) is 0 Å². The predicted octanol–water partition coefficient (Wildman–Crippen LogP) is 29.9. The van der Waals surface area contributed by atoms with Gasteiger partial charge in [-0.3, -0.25) is 0 Å². The van der Waals surface area contributed by atoms with Crippen LogP contribution in [0.15, 0.2) is 420 Å². The minimum atomic E-state index is 0.937. The van der Waals surface area contributed by atoms with Crippen molar-refractivity contribution < 1.29 is 4.42 Å². The Labute approximate surface area is 654 Å². The number of benzene rings is 17. The molecule has 0 radical (unpaired) electrons. The van der Waals surface area contributed by atoms with E-state index < -0.39 is 0 Å². The monoisotopic (exact) mass is 1540 g/mol. The lowest BCUT2D eigenvalue weighted by Gasteiger charge is -2.26. The molecule has 0 saturated heterocycles. The summed E-state index contributed by atoms with van der Waals surface area (Å²) in [6.45, 7) is 2.13. The van der Waals surface area contributed by atoms with Crippen molar-refractivity contribution in [2.24, 2.45) is 0 Å². The SMILES string of the molecule is Brc1ccc(-c2ccc(-n3c4ccccc4c4ccccc43)cc2)cc1.Brc1ccc(-c2cccc3c2oc2ccccc23)cc1.Cc1ccc(-c2ccc(N(c3ccc(-c4ccc(-n5c6ccccc6c6ccccc65)cc4)cc3)c3ccc(-c4ccc(-n5c6ccccc6c6ccccc65)cc4)cc3)cc2)cc1. The van der Waals surface area contributed by atoms with Crippen molar-refractivity contribution in [3.63, 3.8) is 0 Å². The zero-order valence-electron chi connectivity index (χ0n) is 60.1. The Morgan fingerprint density at radius 3 is 0.782 bits per heavy atom. The van der Waals surface area contributed by atoms with Crippen LogP contribution in [0.2, 0.25) is 0 Å². The first kappa shape index (κ1) is 67.3.